The minimum Gasteiger partial charge on any atom is -0.484 e. The van der Waals surface area contributed by atoms with Crippen molar-refractivity contribution < 1.29 is 9.53 Å². The Morgan fingerprint density at radius 3 is 2.37 bits per heavy atom. The standard InChI is InChI=1S/C23H20N2O2/c26-23(17-27-22-12-9-19-5-1-2-6-20(19)15-22)24-16-18-7-10-21(11-8-18)25-13-3-4-14-25/h1-15H,16-17H2,(H,24,26). The molecule has 0 saturated carbocycles. The summed E-state index contributed by atoms with van der Waals surface area (Å²) in [5.74, 6) is 0.553. The van der Waals surface area contributed by atoms with Crippen LogP contribution in [-0.2, 0) is 11.3 Å². The molecule has 27 heavy (non-hydrogen) atoms. The summed E-state index contributed by atoms with van der Waals surface area (Å²) in [5, 5.41) is 5.14. The van der Waals surface area contributed by atoms with Gasteiger partial charge in [0.2, 0.25) is 0 Å². The Labute approximate surface area is 158 Å². The lowest BCUT2D eigenvalue weighted by Crippen LogP contribution is -2.28. The minimum atomic E-state index is -0.141. The van der Waals surface area contributed by atoms with Gasteiger partial charge in [-0.15, -0.1) is 0 Å². The zero-order valence-corrected chi connectivity index (χ0v) is 14.8. The van der Waals surface area contributed by atoms with Crippen LogP contribution in [0.1, 0.15) is 5.56 Å². The molecule has 3 aromatic carbocycles. The lowest BCUT2D eigenvalue weighted by molar-refractivity contribution is -0.123. The number of nitrogens with zero attached hydrogens (tertiary/aromatic N) is 1. The van der Waals surface area contributed by atoms with Crippen LogP contribution in [0.3, 0.4) is 0 Å². The minimum absolute atomic E-state index is 0.000207. The lowest BCUT2D eigenvalue weighted by Gasteiger charge is -2.09. The third-order valence-corrected chi connectivity index (χ3v) is 4.42. The molecule has 0 atom stereocenters. The topological polar surface area (TPSA) is 43.3 Å². The number of benzene rings is 3. The van der Waals surface area contributed by atoms with Gasteiger partial charge in [-0.2, -0.15) is 0 Å². The molecule has 1 aromatic heterocycles. The molecule has 0 spiro atoms. The number of ether oxygens (including phenoxy) is 1. The van der Waals surface area contributed by atoms with Gasteiger partial charge in [0.1, 0.15) is 5.75 Å². The molecule has 0 unspecified atom stereocenters. The van der Waals surface area contributed by atoms with Crippen molar-refractivity contribution in [1.29, 1.82) is 0 Å². The van der Waals surface area contributed by atoms with Crippen molar-refractivity contribution in [2.24, 2.45) is 0 Å². The van der Waals surface area contributed by atoms with E-state index in [1.54, 1.807) is 0 Å². The molecule has 0 bridgehead atoms. The molecule has 1 heterocycles. The first-order chi connectivity index (χ1) is 13.3. The quantitative estimate of drug-likeness (QED) is 0.559. The fourth-order valence-electron chi connectivity index (χ4n) is 2.95. The third kappa shape index (κ3) is 4.18. The van der Waals surface area contributed by atoms with E-state index in [9.17, 15) is 4.79 Å². The van der Waals surface area contributed by atoms with Gasteiger partial charge >= 0.3 is 0 Å². The largest absolute Gasteiger partial charge is 0.484 e. The maximum Gasteiger partial charge on any atom is 0.258 e. The molecule has 0 aliphatic rings. The number of fused-ring (bicyclic) bond motifs is 1. The van der Waals surface area contributed by atoms with Gasteiger partial charge in [-0.25, -0.2) is 0 Å². The van der Waals surface area contributed by atoms with E-state index in [1.807, 2.05) is 95.8 Å². The van der Waals surface area contributed by atoms with E-state index in [4.69, 9.17) is 4.74 Å². The Morgan fingerprint density at radius 1 is 0.852 bits per heavy atom. The van der Waals surface area contributed by atoms with Crippen LogP contribution in [-0.4, -0.2) is 17.1 Å². The predicted molar refractivity (Wildman–Crippen MR) is 107 cm³/mol. The Bertz CT molecular complexity index is 1040. The first-order valence-electron chi connectivity index (χ1n) is 8.88. The third-order valence-electron chi connectivity index (χ3n) is 4.42. The average Bonchev–Trinajstić information content (AvgIpc) is 3.26. The van der Waals surface area contributed by atoms with Crippen LogP contribution in [0.4, 0.5) is 0 Å². The van der Waals surface area contributed by atoms with Crippen LogP contribution in [0.2, 0.25) is 0 Å². The summed E-state index contributed by atoms with van der Waals surface area (Å²) in [7, 11) is 0. The molecule has 0 saturated heterocycles. The molecule has 0 fully saturated rings. The summed E-state index contributed by atoms with van der Waals surface area (Å²) in [6.45, 7) is 0.478. The molecule has 134 valence electrons. The first-order valence-corrected chi connectivity index (χ1v) is 8.88. The summed E-state index contributed by atoms with van der Waals surface area (Å²) in [4.78, 5) is 12.1. The second-order valence-electron chi connectivity index (χ2n) is 6.33. The van der Waals surface area contributed by atoms with Gasteiger partial charge in [0.15, 0.2) is 6.61 Å². The molecular weight excluding hydrogens is 336 g/mol. The predicted octanol–water partition coefficient (Wildman–Crippen LogP) is 4.33. The highest BCUT2D eigenvalue weighted by molar-refractivity contribution is 5.84. The van der Waals surface area contributed by atoms with E-state index in [2.05, 4.69) is 5.32 Å². The summed E-state index contributed by atoms with van der Waals surface area (Å²) < 4.78 is 7.66. The number of amides is 1. The van der Waals surface area contributed by atoms with E-state index in [-0.39, 0.29) is 12.5 Å². The van der Waals surface area contributed by atoms with Crippen LogP contribution in [0, 0.1) is 0 Å². The SMILES string of the molecule is O=C(COc1ccc2ccccc2c1)NCc1ccc(-n2cccc2)cc1. The number of carbonyl (C=O) groups excluding carboxylic acids is 1. The average molecular weight is 356 g/mol. The molecule has 0 radical (unpaired) electrons. The number of rotatable bonds is 6. The number of nitrogens with one attached hydrogen (secondary N) is 1. The van der Waals surface area contributed by atoms with Gasteiger partial charge in [-0.05, 0) is 52.7 Å². The van der Waals surface area contributed by atoms with E-state index in [0.717, 1.165) is 22.0 Å². The van der Waals surface area contributed by atoms with Crippen molar-refractivity contribution in [3.05, 3.63) is 96.8 Å². The van der Waals surface area contributed by atoms with Gasteiger partial charge in [0.25, 0.3) is 5.91 Å². The first kappa shape index (κ1) is 16.9. The van der Waals surface area contributed by atoms with E-state index in [0.29, 0.717) is 12.3 Å². The zero-order chi connectivity index (χ0) is 18.5. The molecule has 4 rings (SSSR count). The second kappa shape index (κ2) is 7.79. The van der Waals surface area contributed by atoms with E-state index < -0.39 is 0 Å². The fourth-order valence-corrected chi connectivity index (χ4v) is 2.95. The normalized spacial score (nSPS) is 10.7. The number of hydrogen-bond acceptors (Lipinski definition) is 2. The Hall–Kier alpha value is -3.53. The van der Waals surface area contributed by atoms with Crippen molar-refractivity contribution >= 4 is 16.7 Å². The van der Waals surface area contributed by atoms with Crippen LogP contribution in [0.15, 0.2) is 91.3 Å². The molecule has 4 nitrogen and oxygen atoms in total. The van der Waals surface area contributed by atoms with Gasteiger partial charge in [0, 0.05) is 24.6 Å². The Balaban J connectivity index is 1.29. The van der Waals surface area contributed by atoms with Crippen molar-refractivity contribution in [3.63, 3.8) is 0 Å². The summed E-state index contributed by atoms with van der Waals surface area (Å²) >= 11 is 0. The summed E-state index contributed by atoms with van der Waals surface area (Å²) in [5.41, 5.74) is 2.14. The van der Waals surface area contributed by atoms with Crippen molar-refractivity contribution in [2.75, 3.05) is 6.61 Å². The van der Waals surface area contributed by atoms with E-state index >= 15 is 0 Å². The van der Waals surface area contributed by atoms with Gasteiger partial charge < -0.3 is 14.6 Å². The molecule has 0 aliphatic carbocycles. The van der Waals surface area contributed by atoms with Crippen LogP contribution in [0.25, 0.3) is 16.5 Å². The van der Waals surface area contributed by atoms with Gasteiger partial charge in [-0.1, -0.05) is 42.5 Å². The van der Waals surface area contributed by atoms with Crippen molar-refractivity contribution in [3.8, 4) is 11.4 Å². The Kier molecular flexibility index (Phi) is 4.88. The van der Waals surface area contributed by atoms with Crippen LogP contribution < -0.4 is 10.1 Å². The van der Waals surface area contributed by atoms with Crippen LogP contribution in [0.5, 0.6) is 5.75 Å². The molecule has 0 aliphatic heterocycles. The number of carbonyl (C=O) groups is 1. The molecule has 1 amide bonds. The lowest BCUT2D eigenvalue weighted by atomic mass is 10.1. The van der Waals surface area contributed by atoms with Crippen molar-refractivity contribution in [2.45, 2.75) is 6.54 Å². The second-order valence-corrected chi connectivity index (χ2v) is 6.33. The van der Waals surface area contributed by atoms with E-state index in [1.165, 1.54) is 0 Å². The smallest absolute Gasteiger partial charge is 0.258 e. The number of hydrogen-bond donors (Lipinski definition) is 1. The summed E-state index contributed by atoms with van der Waals surface area (Å²) in [6.07, 6.45) is 4.00. The van der Waals surface area contributed by atoms with Crippen LogP contribution >= 0.6 is 0 Å². The van der Waals surface area contributed by atoms with Gasteiger partial charge in [0.05, 0.1) is 0 Å². The highest BCUT2D eigenvalue weighted by Crippen LogP contribution is 2.20. The Morgan fingerprint density at radius 2 is 1.59 bits per heavy atom. The monoisotopic (exact) mass is 356 g/mol. The molecular formula is C23H20N2O2. The molecule has 4 aromatic rings. The highest BCUT2D eigenvalue weighted by Gasteiger charge is 2.04. The summed E-state index contributed by atoms with van der Waals surface area (Å²) in [6, 6.07) is 26.0. The maximum atomic E-state index is 12.1. The molecule has 1 N–H and O–H groups in total. The van der Waals surface area contributed by atoms with Gasteiger partial charge in [-0.3, -0.25) is 4.79 Å². The van der Waals surface area contributed by atoms with Crippen molar-refractivity contribution in [1.82, 2.24) is 9.88 Å². The fraction of sp³-hybridized carbons (Fsp3) is 0.0870. The highest BCUT2D eigenvalue weighted by atomic mass is 16.5. The maximum absolute atomic E-state index is 12.1. The number of aromatic nitrogens is 1. The zero-order valence-electron chi connectivity index (χ0n) is 14.8. The molecule has 4 heteroatoms.